The van der Waals surface area contributed by atoms with Gasteiger partial charge in [0.05, 0.1) is 25.0 Å². The van der Waals surface area contributed by atoms with Crippen molar-refractivity contribution < 1.29 is 19.4 Å². The van der Waals surface area contributed by atoms with Crippen molar-refractivity contribution in [3.05, 3.63) is 54.6 Å². The van der Waals surface area contributed by atoms with E-state index in [0.29, 0.717) is 12.1 Å². The number of benzene rings is 2. The number of rotatable bonds is 7. The van der Waals surface area contributed by atoms with Crippen LogP contribution in [-0.2, 0) is 9.53 Å². The van der Waals surface area contributed by atoms with Gasteiger partial charge in [-0.1, -0.05) is 30.3 Å². The highest BCUT2D eigenvalue weighted by Crippen LogP contribution is 2.29. The first-order valence-electron chi connectivity index (χ1n) is 11.4. The van der Waals surface area contributed by atoms with E-state index in [2.05, 4.69) is 21.2 Å². The van der Waals surface area contributed by atoms with Crippen LogP contribution in [0.3, 0.4) is 0 Å². The maximum Gasteiger partial charge on any atom is 0.256 e. The molecule has 2 aliphatic rings. The number of aliphatic hydroxyl groups excluding tert-OH is 1. The standard InChI is InChI=1S/C25H33N3O4/c1-31-23-10-6-5-9-21(23)28-17-15-27(16-18-28)14-13-20-11-12-22(29)24(32-20)25(30)26-19-7-3-2-4-8-19/h2-10,20,22,24,29H,11-18H2,1H3,(H,26,30). The predicted octanol–water partition coefficient (Wildman–Crippen LogP) is 2.75. The summed E-state index contributed by atoms with van der Waals surface area (Å²) in [6.07, 6.45) is 0.612. The Morgan fingerprint density at radius 3 is 2.53 bits per heavy atom. The first kappa shape index (κ1) is 22.6. The summed E-state index contributed by atoms with van der Waals surface area (Å²) >= 11 is 0. The topological polar surface area (TPSA) is 74.3 Å². The zero-order chi connectivity index (χ0) is 22.3. The van der Waals surface area contributed by atoms with Gasteiger partial charge in [-0.2, -0.15) is 0 Å². The number of carbonyl (C=O) groups excluding carboxylic acids is 1. The molecule has 2 N–H and O–H groups in total. The molecule has 2 aromatic rings. The summed E-state index contributed by atoms with van der Waals surface area (Å²) < 4.78 is 11.5. The first-order chi connectivity index (χ1) is 15.6. The molecule has 0 spiro atoms. The number of hydrogen-bond acceptors (Lipinski definition) is 6. The maximum atomic E-state index is 12.6. The average molecular weight is 440 g/mol. The van der Waals surface area contributed by atoms with E-state index >= 15 is 0 Å². The number of hydrogen-bond donors (Lipinski definition) is 2. The molecule has 2 aliphatic heterocycles. The van der Waals surface area contributed by atoms with E-state index in [0.717, 1.165) is 57.0 Å². The second kappa shape index (κ2) is 10.8. The number of nitrogens with one attached hydrogen (secondary N) is 1. The number of amides is 1. The van der Waals surface area contributed by atoms with Crippen LogP contribution < -0.4 is 15.0 Å². The molecule has 0 bridgehead atoms. The molecule has 0 saturated carbocycles. The molecule has 32 heavy (non-hydrogen) atoms. The largest absolute Gasteiger partial charge is 0.495 e. The molecule has 172 valence electrons. The summed E-state index contributed by atoms with van der Waals surface area (Å²) in [5.41, 5.74) is 1.86. The molecular weight excluding hydrogens is 406 g/mol. The fourth-order valence-corrected chi connectivity index (χ4v) is 4.49. The third-order valence-electron chi connectivity index (χ3n) is 6.34. The highest BCUT2D eigenvalue weighted by atomic mass is 16.5. The minimum atomic E-state index is -0.823. The SMILES string of the molecule is COc1ccccc1N1CCN(CCC2CCC(O)C(C(=O)Nc3ccccc3)O2)CC1. The van der Waals surface area contributed by atoms with E-state index in [1.807, 2.05) is 48.5 Å². The Kier molecular flexibility index (Phi) is 7.63. The Bertz CT molecular complexity index is 871. The lowest BCUT2D eigenvalue weighted by molar-refractivity contribution is -0.153. The zero-order valence-corrected chi connectivity index (χ0v) is 18.7. The monoisotopic (exact) mass is 439 g/mol. The number of anilines is 2. The van der Waals surface area contributed by atoms with Crippen LogP contribution in [0.4, 0.5) is 11.4 Å². The van der Waals surface area contributed by atoms with Gasteiger partial charge in [0, 0.05) is 38.4 Å². The first-order valence-corrected chi connectivity index (χ1v) is 11.4. The summed E-state index contributed by atoms with van der Waals surface area (Å²) in [5.74, 6) is 0.633. The van der Waals surface area contributed by atoms with E-state index in [-0.39, 0.29) is 12.0 Å². The zero-order valence-electron chi connectivity index (χ0n) is 18.7. The van der Waals surface area contributed by atoms with Gasteiger partial charge in [0.2, 0.25) is 0 Å². The second-order valence-corrected chi connectivity index (χ2v) is 8.47. The number of carbonyl (C=O) groups is 1. The van der Waals surface area contributed by atoms with E-state index in [4.69, 9.17) is 9.47 Å². The Hall–Kier alpha value is -2.61. The molecule has 1 amide bonds. The van der Waals surface area contributed by atoms with Crippen molar-refractivity contribution in [2.45, 2.75) is 37.6 Å². The number of nitrogens with zero attached hydrogens (tertiary/aromatic N) is 2. The summed E-state index contributed by atoms with van der Waals surface area (Å²) in [6, 6.07) is 17.4. The van der Waals surface area contributed by atoms with E-state index < -0.39 is 12.2 Å². The van der Waals surface area contributed by atoms with Gasteiger partial charge in [-0.3, -0.25) is 9.69 Å². The third kappa shape index (κ3) is 5.59. The van der Waals surface area contributed by atoms with Crippen molar-refractivity contribution in [1.29, 1.82) is 0 Å². The summed E-state index contributed by atoms with van der Waals surface area (Å²) in [5, 5.41) is 13.2. The van der Waals surface area contributed by atoms with Crippen LogP contribution in [0.5, 0.6) is 5.75 Å². The molecule has 2 fully saturated rings. The molecular formula is C25H33N3O4. The second-order valence-electron chi connectivity index (χ2n) is 8.47. The summed E-state index contributed by atoms with van der Waals surface area (Å²) in [6.45, 7) is 4.78. The molecule has 2 heterocycles. The van der Waals surface area contributed by atoms with Gasteiger partial charge >= 0.3 is 0 Å². The fourth-order valence-electron chi connectivity index (χ4n) is 4.49. The maximum absolute atomic E-state index is 12.6. The van der Waals surface area contributed by atoms with E-state index in [1.165, 1.54) is 0 Å². The van der Waals surface area contributed by atoms with Gasteiger partial charge in [-0.25, -0.2) is 0 Å². The summed E-state index contributed by atoms with van der Waals surface area (Å²) in [4.78, 5) is 17.4. The molecule has 3 unspecified atom stereocenters. The van der Waals surface area contributed by atoms with Crippen LogP contribution in [0, 0.1) is 0 Å². The van der Waals surface area contributed by atoms with Crippen molar-refractivity contribution in [3.63, 3.8) is 0 Å². The van der Waals surface area contributed by atoms with Crippen molar-refractivity contribution in [3.8, 4) is 5.75 Å². The van der Waals surface area contributed by atoms with Crippen LogP contribution in [0.1, 0.15) is 19.3 Å². The van der Waals surface area contributed by atoms with Crippen molar-refractivity contribution in [2.24, 2.45) is 0 Å². The lowest BCUT2D eigenvalue weighted by atomic mass is 9.98. The van der Waals surface area contributed by atoms with Crippen LogP contribution >= 0.6 is 0 Å². The van der Waals surface area contributed by atoms with Gasteiger partial charge in [0.25, 0.3) is 5.91 Å². The number of methoxy groups -OCH3 is 1. The lowest BCUT2D eigenvalue weighted by Crippen LogP contribution is -2.49. The van der Waals surface area contributed by atoms with Crippen LogP contribution in [0.25, 0.3) is 0 Å². The minimum Gasteiger partial charge on any atom is -0.495 e. The molecule has 0 aliphatic carbocycles. The lowest BCUT2D eigenvalue weighted by Gasteiger charge is -2.38. The minimum absolute atomic E-state index is 0.0165. The molecule has 2 aromatic carbocycles. The highest BCUT2D eigenvalue weighted by Gasteiger charge is 2.35. The average Bonchev–Trinajstić information content (AvgIpc) is 2.84. The van der Waals surface area contributed by atoms with E-state index in [1.54, 1.807) is 7.11 Å². The number of para-hydroxylation sites is 3. The summed E-state index contributed by atoms with van der Waals surface area (Å²) in [7, 11) is 1.71. The van der Waals surface area contributed by atoms with Crippen LogP contribution in [-0.4, -0.2) is 74.1 Å². The molecule has 2 saturated heterocycles. The fraction of sp³-hybridized carbons (Fsp3) is 0.480. The Morgan fingerprint density at radius 2 is 1.78 bits per heavy atom. The molecule has 0 radical (unpaired) electrons. The smallest absolute Gasteiger partial charge is 0.256 e. The molecule has 7 nitrogen and oxygen atoms in total. The number of ether oxygens (including phenoxy) is 2. The Labute approximate surface area is 189 Å². The van der Waals surface area contributed by atoms with Crippen LogP contribution in [0.2, 0.25) is 0 Å². The Balaban J connectivity index is 1.24. The quantitative estimate of drug-likeness (QED) is 0.691. The van der Waals surface area contributed by atoms with E-state index in [9.17, 15) is 9.90 Å². The highest BCUT2D eigenvalue weighted by molar-refractivity contribution is 5.94. The van der Waals surface area contributed by atoms with Gasteiger partial charge in [0.15, 0.2) is 6.10 Å². The Morgan fingerprint density at radius 1 is 1.06 bits per heavy atom. The predicted molar refractivity (Wildman–Crippen MR) is 125 cm³/mol. The van der Waals surface area contributed by atoms with Gasteiger partial charge in [0.1, 0.15) is 5.75 Å². The van der Waals surface area contributed by atoms with Crippen molar-refractivity contribution in [1.82, 2.24) is 4.90 Å². The van der Waals surface area contributed by atoms with Gasteiger partial charge < -0.3 is 24.8 Å². The molecule has 3 atom stereocenters. The van der Waals surface area contributed by atoms with Crippen LogP contribution in [0.15, 0.2) is 54.6 Å². The number of aliphatic hydroxyl groups is 1. The molecule has 0 aromatic heterocycles. The normalized spacial score (nSPS) is 24.2. The van der Waals surface area contributed by atoms with Gasteiger partial charge in [-0.15, -0.1) is 0 Å². The van der Waals surface area contributed by atoms with Crippen molar-refractivity contribution >= 4 is 17.3 Å². The molecule has 7 heteroatoms. The van der Waals surface area contributed by atoms with Crippen molar-refractivity contribution in [2.75, 3.05) is 50.1 Å². The molecule has 4 rings (SSSR count). The third-order valence-corrected chi connectivity index (χ3v) is 6.34. The number of piperazine rings is 1. The van der Waals surface area contributed by atoms with Gasteiger partial charge in [-0.05, 0) is 43.5 Å².